The maximum atomic E-state index is 12.1. The van der Waals surface area contributed by atoms with E-state index in [1.807, 2.05) is 0 Å². The van der Waals surface area contributed by atoms with Crippen molar-refractivity contribution in [3.8, 4) is 11.5 Å². The lowest BCUT2D eigenvalue weighted by atomic mass is 10.1. The number of nitrogens with zero attached hydrogens (tertiary/aromatic N) is 3. The van der Waals surface area contributed by atoms with Gasteiger partial charge in [0, 0.05) is 12.6 Å². The van der Waals surface area contributed by atoms with Gasteiger partial charge in [-0.25, -0.2) is 9.97 Å². The Balaban J connectivity index is 1.82. The number of phenolic OH excluding ortho intramolecular Hbond substituents is 2. The number of hydrogen-bond donors (Lipinski definition) is 6. The van der Waals surface area contributed by atoms with Gasteiger partial charge in [0.05, 0.1) is 5.69 Å². The van der Waals surface area contributed by atoms with Crippen LogP contribution in [0, 0.1) is 6.92 Å². The van der Waals surface area contributed by atoms with Crippen molar-refractivity contribution in [3.05, 3.63) is 35.2 Å². The number of aromatic nitrogens is 2. The highest BCUT2D eigenvalue weighted by molar-refractivity contribution is 6.06. The largest absolute Gasteiger partial charge is 0.508 e. The Labute approximate surface area is 156 Å². The molecule has 9 N–H and O–H groups in total. The number of amides is 1. The van der Waals surface area contributed by atoms with Gasteiger partial charge in [0.1, 0.15) is 17.3 Å². The first-order valence-electron chi connectivity index (χ1n) is 8.29. The monoisotopic (exact) mass is 373 g/mol. The topological polar surface area (TPSA) is 186 Å². The molecule has 1 aromatic carbocycles. The Morgan fingerprint density at radius 1 is 1.19 bits per heavy atom. The van der Waals surface area contributed by atoms with Crippen LogP contribution in [0.3, 0.4) is 0 Å². The Kier molecular flexibility index (Phi) is 6.36. The SMILES string of the molecule is Cc1nc(C(=O)NC(N)=NCCCCc2ccc(O)cc2O)c(N)nc1N. The van der Waals surface area contributed by atoms with E-state index in [9.17, 15) is 15.0 Å². The summed E-state index contributed by atoms with van der Waals surface area (Å²) in [5.74, 6) is -0.516. The summed E-state index contributed by atoms with van der Waals surface area (Å²) in [6, 6.07) is 4.49. The Bertz CT molecular complexity index is 868. The van der Waals surface area contributed by atoms with Crippen LogP contribution in [-0.2, 0) is 6.42 Å². The molecule has 2 rings (SSSR count). The molecule has 0 saturated heterocycles. The fourth-order valence-corrected chi connectivity index (χ4v) is 2.32. The summed E-state index contributed by atoms with van der Waals surface area (Å²) in [5, 5.41) is 21.4. The lowest BCUT2D eigenvalue weighted by Crippen LogP contribution is -2.38. The lowest BCUT2D eigenvalue weighted by molar-refractivity contribution is 0.0972. The number of unbranched alkanes of at least 4 members (excludes halogenated alkanes) is 1. The van der Waals surface area contributed by atoms with E-state index in [1.165, 1.54) is 12.1 Å². The molecule has 0 aliphatic carbocycles. The van der Waals surface area contributed by atoms with Crippen molar-refractivity contribution in [2.24, 2.45) is 10.7 Å². The van der Waals surface area contributed by atoms with Crippen LogP contribution >= 0.6 is 0 Å². The van der Waals surface area contributed by atoms with Crippen molar-refractivity contribution < 1.29 is 15.0 Å². The van der Waals surface area contributed by atoms with Crippen molar-refractivity contribution in [1.82, 2.24) is 15.3 Å². The molecule has 10 heteroatoms. The molecule has 0 radical (unpaired) electrons. The van der Waals surface area contributed by atoms with E-state index in [0.29, 0.717) is 25.1 Å². The number of aliphatic imine (C=N–C) groups is 1. The van der Waals surface area contributed by atoms with Gasteiger partial charge >= 0.3 is 0 Å². The third-order valence-electron chi connectivity index (χ3n) is 3.80. The summed E-state index contributed by atoms with van der Waals surface area (Å²) in [6.45, 7) is 2.01. The standard InChI is InChI=1S/C17H23N7O3/c1-9-14(18)23-15(19)13(22-9)16(27)24-17(20)21-7-3-2-4-10-5-6-11(25)8-12(10)26/h5-6,8,25-26H,2-4,7H2,1H3,(H4,18,19,23)(H3,20,21,24,27). The molecule has 0 spiro atoms. The van der Waals surface area contributed by atoms with Gasteiger partial charge in [0.15, 0.2) is 17.5 Å². The quantitative estimate of drug-likeness (QED) is 0.239. The summed E-state index contributed by atoms with van der Waals surface area (Å²) < 4.78 is 0. The van der Waals surface area contributed by atoms with Crippen molar-refractivity contribution in [3.63, 3.8) is 0 Å². The maximum Gasteiger partial charge on any atom is 0.280 e. The average Bonchev–Trinajstić information content (AvgIpc) is 2.59. The van der Waals surface area contributed by atoms with E-state index >= 15 is 0 Å². The second-order valence-corrected chi connectivity index (χ2v) is 5.92. The molecule has 2 aromatic rings. The second kappa shape index (κ2) is 8.70. The number of aromatic hydroxyl groups is 2. The summed E-state index contributed by atoms with van der Waals surface area (Å²) in [4.78, 5) is 24.1. The lowest BCUT2D eigenvalue weighted by Gasteiger charge is -2.08. The molecule has 1 amide bonds. The molecule has 0 fully saturated rings. The van der Waals surface area contributed by atoms with Gasteiger partial charge in [-0.2, -0.15) is 0 Å². The van der Waals surface area contributed by atoms with E-state index < -0.39 is 5.91 Å². The number of carbonyl (C=O) groups excluding carboxylic acids is 1. The minimum atomic E-state index is -0.613. The summed E-state index contributed by atoms with van der Waals surface area (Å²) in [5.41, 5.74) is 18.0. The van der Waals surface area contributed by atoms with Gasteiger partial charge in [-0.15, -0.1) is 0 Å². The van der Waals surface area contributed by atoms with Gasteiger partial charge in [0.2, 0.25) is 0 Å². The molecule has 1 heterocycles. The summed E-state index contributed by atoms with van der Waals surface area (Å²) in [6.07, 6.45) is 2.07. The normalized spacial score (nSPS) is 11.4. The number of anilines is 2. The number of nitrogens with two attached hydrogens (primary N) is 3. The zero-order valence-corrected chi connectivity index (χ0v) is 14.9. The van der Waals surface area contributed by atoms with Gasteiger partial charge in [0.25, 0.3) is 5.91 Å². The first-order valence-corrected chi connectivity index (χ1v) is 8.29. The van der Waals surface area contributed by atoms with Crippen LogP contribution in [0.4, 0.5) is 11.6 Å². The zero-order chi connectivity index (χ0) is 20.0. The fourth-order valence-electron chi connectivity index (χ4n) is 2.32. The predicted molar refractivity (Wildman–Crippen MR) is 102 cm³/mol. The predicted octanol–water partition coefficient (Wildman–Crippen LogP) is 0.428. The van der Waals surface area contributed by atoms with Crippen LogP contribution in [0.5, 0.6) is 11.5 Å². The molecule has 0 unspecified atom stereocenters. The van der Waals surface area contributed by atoms with Crippen molar-refractivity contribution in [2.45, 2.75) is 26.2 Å². The van der Waals surface area contributed by atoms with Crippen LogP contribution in [0.1, 0.15) is 34.6 Å². The molecular formula is C17H23N7O3. The number of phenols is 2. The zero-order valence-electron chi connectivity index (χ0n) is 14.9. The smallest absolute Gasteiger partial charge is 0.280 e. The van der Waals surface area contributed by atoms with Crippen LogP contribution < -0.4 is 22.5 Å². The summed E-state index contributed by atoms with van der Waals surface area (Å²) >= 11 is 0. The number of aryl methyl sites for hydroxylation is 2. The highest BCUT2D eigenvalue weighted by atomic mass is 16.3. The average molecular weight is 373 g/mol. The van der Waals surface area contributed by atoms with Crippen LogP contribution in [-0.4, -0.2) is 38.6 Å². The first-order chi connectivity index (χ1) is 12.8. The van der Waals surface area contributed by atoms with Crippen molar-refractivity contribution in [2.75, 3.05) is 18.0 Å². The molecule has 0 saturated carbocycles. The number of nitrogens with one attached hydrogen (secondary N) is 1. The molecule has 1 aromatic heterocycles. The molecule has 0 aliphatic rings. The number of benzene rings is 1. The molecule has 10 nitrogen and oxygen atoms in total. The number of carbonyl (C=O) groups is 1. The first kappa shape index (κ1) is 19.8. The van der Waals surface area contributed by atoms with Crippen molar-refractivity contribution >= 4 is 23.5 Å². The van der Waals surface area contributed by atoms with Gasteiger partial charge in [-0.1, -0.05) is 6.07 Å². The van der Waals surface area contributed by atoms with Crippen LogP contribution in [0.2, 0.25) is 0 Å². The summed E-state index contributed by atoms with van der Waals surface area (Å²) in [7, 11) is 0. The molecule has 144 valence electrons. The number of rotatable bonds is 6. The van der Waals surface area contributed by atoms with Gasteiger partial charge in [-0.3, -0.25) is 15.1 Å². The minimum absolute atomic E-state index is 0.0194. The van der Waals surface area contributed by atoms with Gasteiger partial charge < -0.3 is 27.4 Å². The number of hydrogen-bond acceptors (Lipinski definition) is 8. The van der Waals surface area contributed by atoms with Crippen LogP contribution in [0.15, 0.2) is 23.2 Å². The molecule has 0 bridgehead atoms. The molecular weight excluding hydrogens is 350 g/mol. The maximum absolute atomic E-state index is 12.1. The van der Waals surface area contributed by atoms with E-state index in [0.717, 1.165) is 12.0 Å². The third-order valence-corrected chi connectivity index (χ3v) is 3.80. The molecule has 27 heavy (non-hydrogen) atoms. The molecule has 0 atom stereocenters. The number of guanidine groups is 1. The van der Waals surface area contributed by atoms with E-state index in [4.69, 9.17) is 17.2 Å². The molecule has 0 aliphatic heterocycles. The highest BCUT2D eigenvalue weighted by Crippen LogP contribution is 2.23. The highest BCUT2D eigenvalue weighted by Gasteiger charge is 2.15. The Morgan fingerprint density at radius 2 is 1.93 bits per heavy atom. The fraction of sp³-hybridized carbons (Fsp3) is 0.294. The van der Waals surface area contributed by atoms with E-state index in [2.05, 4.69) is 20.3 Å². The third kappa shape index (κ3) is 5.46. The van der Waals surface area contributed by atoms with E-state index in [-0.39, 0.29) is 34.8 Å². The minimum Gasteiger partial charge on any atom is -0.508 e. The van der Waals surface area contributed by atoms with E-state index in [1.54, 1.807) is 13.0 Å². The second-order valence-electron chi connectivity index (χ2n) is 5.92. The Morgan fingerprint density at radius 3 is 2.63 bits per heavy atom. The van der Waals surface area contributed by atoms with Crippen LogP contribution in [0.25, 0.3) is 0 Å². The van der Waals surface area contributed by atoms with Gasteiger partial charge in [-0.05, 0) is 37.8 Å². The van der Waals surface area contributed by atoms with Crippen molar-refractivity contribution in [1.29, 1.82) is 0 Å². The Hall–Kier alpha value is -3.56. The number of nitrogen functional groups attached to an aromatic ring is 2.